The lowest BCUT2D eigenvalue weighted by Crippen LogP contribution is -2.39. The third kappa shape index (κ3) is 3.75. The van der Waals surface area contributed by atoms with Crippen molar-refractivity contribution < 1.29 is 9.53 Å². The summed E-state index contributed by atoms with van der Waals surface area (Å²) in [6, 6.07) is 5.26. The number of fused-ring (bicyclic) bond motifs is 1. The molecule has 3 rings (SSSR count). The fraction of sp³-hybridized carbons (Fsp3) is 0.682. The Bertz CT molecular complexity index is 656. The normalized spacial score (nSPS) is 27.7. The number of hydrogen-bond donors (Lipinski definition) is 0. The molecule has 2 aliphatic carbocycles. The van der Waals surface area contributed by atoms with Crippen LogP contribution in [0.25, 0.3) is 0 Å². The Morgan fingerprint density at radius 2 is 1.50 bits per heavy atom. The number of carbonyl (C=O) groups is 1. The van der Waals surface area contributed by atoms with E-state index in [2.05, 4.69) is 45.0 Å². The minimum Gasteiger partial charge on any atom is -0.483 e. The molecule has 0 N–H and O–H groups in total. The van der Waals surface area contributed by atoms with Gasteiger partial charge >= 0.3 is 0 Å². The minimum atomic E-state index is 0.0967. The number of aryl methyl sites for hydroxylation is 2. The summed E-state index contributed by atoms with van der Waals surface area (Å²) in [5, 5.41) is 0. The molecule has 0 heterocycles. The van der Waals surface area contributed by atoms with Crippen molar-refractivity contribution in [2.45, 2.75) is 58.5 Å². The first-order valence-electron chi connectivity index (χ1n) is 9.89. The molecule has 4 heteroatoms. The van der Waals surface area contributed by atoms with Gasteiger partial charge in [0.05, 0.1) is 0 Å². The molecule has 0 radical (unpaired) electrons. The number of benzene rings is 1. The van der Waals surface area contributed by atoms with E-state index in [-0.39, 0.29) is 12.5 Å². The van der Waals surface area contributed by atoms with Crippen molar-refractivity contribution in [2.24, 2.45) is 11.8 Å². The zero-order valence-corrected chi connectivity index (χ0v) is 17.2. The smallest absolute Gasteiger partial charge is 0.260 e. The van der Waals surface area contributed by atoms with Crippen LogP contribution >= 0.6 is 0 Å². The van der Waals surface area contributed by atoms with Gasteiger partial charge in [-0.15, -0.1) is 0 Å². The maximum Gasteiger partial charge on any atom is 0.260 e. The highest BCUT2D eigenvalue weighted by Crippen LogP contribution is 2.46. The molecule has 4 atom stereocenters. The van der Waals surface area contributed by atoms with E-state index < -0.39 is 0 Å². The fourth-order valence-electron chi connectivity index (χ4n) is 4.88. The largest absolute Gasteiger partial charge is 0.483 e. The molecule has 0 saturated heterocycles. The second-order valence-electron chi connectivity index (χ2n) is 8.68. The quantitative estimate of drug-likeness (QED) is 0.807. The van der Waals surface area contributed by atoms with Crippen LogP contribution in [0.2, 0.25) is 0 Å². The van der Waals surface area contributed by atoms with Crippen LogP contribution in [0.1, 0.15) is 42.4 Å². The Morgan fingerprint density at radius 3 is 2.08 bits per heavy atom. The number of likely N-dealkylation sites (N-methyl/N-ethyl adjacent to an activating group) is 1. The van der Waals surface area contributed by atoms with E-state index in [1.165, 1.54) is 18.4 Å². The number of rotatable bonds is 5. The Hall–Kier alpha value is -1.55. The van der Waals surface area contributed by atoms with Crippen LogP contribution in [0, 0.1) is 32.6 Å². The molecule has 1 aromatic rings. The summed E-state index contributed by atoms with van der Waals surface area (Å²) in [6.07, 6.45) is 4.88. The topological polar surface area (TPSA) is 32.8 Å². The van der Waals surface area contributed by atoms with Crippen molar-refractivity contribution in [2.75, 3.05) is 27.7 Å². The van der Waals surface area contributed by atoms with Crippen LogP contribution < -0.4 is 4.74 Å². The predicted octanol–water partition coefficient (Wildman–Crippen LogP) is 3.57. The summed E-state index contributed by atoms with van der Waals surface area (Å²) in [7, 11) is 6.33. The highest BCUT2D eigenvalue weighted by molar-refractivity contribution is 5.78. The van der Waals surface area contributed by atoms with Gasteiger partial charge in [-0.25, -0.2) is 0 Å². The summed E-state index contributed by atoms with van der Waals surface area (Å²) >= 11 is 0. The lowest BCUT2D eigenvalue weighted by atomic mass is 10.0. The monoisotopic (exact) mass is 358 g/mol. The molecule has 4 nitrogen and oxygen atoms in total. The molecule has 0 bridgehead atoms. The van der Waals surface area contributed by atoms with E-state index in [4.69, 9.17) is 4.74 Å². The highest BCUT2D eigenvalue weighted by atomic mass is 16.5. The van der Waals surface area contributed by atoms with Gasteiger partial charge in [0.25, 0.3) is 5.91 Å². The standard InChI is InChI=1S/C22H34N2O2/c1-14-7-8-15(2)22(16(14)3)26-13-21(25)24(6)20-11-17-9-19(23(4)5)10-18(17)12-20/h7-8,17-20H,9-13H2,1-6H3/t17-,18+,19?,20?. The maximum absolute atomic E-state index is 12.7. The van der Waals surface area contributed by atoms with Crippen LogP contribution in [-0.2, 0) is 4.79 Å². The van der Waals surface area contributed by atoms with Crippen molar-refractivity contribution in [1.29, 1.82) is 0 Å². The van der Waals surface area contributed by atoms with Crippen LogP contribution in [0.15, 0.2) is 12.1 Å². The molecule has 2 saturated carbocycles. The fourth-order valence-corrected chi connectivity index (χ4v) is 4.88. The Balaban J connectivity index is 1.55. The first-order chi connectivity index (χ1) is 12.3. The van der Waals surface area contributed by atoms with E-state index in [0.717, 1.165) is 47.6 Å². The molecule has 0 spiro atoms. The lowest BCUT2D eigenvalue weighted by Gasteiger charge is -2.27. The Labute approximate surface area is 158 Å². The average Bonchev–Trinajstić information content (AvgIpc) is 3.16. The third-order valence-corrected chi connectivity index (χ3v) is 6.85. The SMILES string of the molecule is Cc1ccc(C)c(OCC(=O)N(C)C2C[C@H]3CC(N(C)C)C[C@H]3C2)c1C. The molecular formula is C22H34N2O2. The van der Waals surface area contributed by atoms with Crippen LogP contribution in [0.5, 0.6) is 5.75 Å². The molecule has 1 aromatic carbocycles. The first-order valence-corrected chi connectivity index (χ1v) is 9.89. The Kier molecular flexibility index (Phi) is 5.61. The maximum atomic E-state index is 12.7. The van der Waals surface area contributed by atoms with Gasteiger partial charge in [-0.3, -0.25) is 4.79 Å². The summed E-state index contributed by atoms with van der Waals surface area (Å²) in [6.45, 7) is 6.31. The second-order valence-corrected chi connectivity index (χ2v) is 8.68. The van der Waals surface area contributed by atoms with Crippen molar-refractivity contribution in [3.8, 4) is 5.75 Å². The summed E-state index contributed by atoms with van der Waals surface area (Å²) in [5.41, 5.74) is 3.42. The van der Waals surface area contributed by atoms with Crippen LogP contribution in [0.4, 0.5) is 0 Å². The summed E-state index contributed by atoms with van der Waals surface area (Å²) < 4.78 is 5.94. The minimum absolute atomic E-state index is 0.0967. The number of carbonyl (C=O) groups excluding carboxylic acids is 1. The molecule has 2 fully saturated rings. The zero-order valence-electron chi connectivity index (χ0n) is 17.2. The highest BCUT2D eigenvalue weighted by Gasteiger charge is 2.44. The van der Waals surface area contributed by atoms with E-state index in [1.54, 1.807) is 0 Å². The summed E-state index contributed by atoms with van der Waals surface area (Å²) in [4.78, 5) is 17.0. The van der Waals surface area contributed by atoms with Crippen molar-refractivity contribution in [3.63, 3.8) is 0 Å². The first kappa shape index (κ1) is 19.2. The predicted molar refractivity (Wildman–Crippen MR) is 106 cm³/mol. The molecule has 26 heavy (non-hydrogen) atoms. The van der Waals surface area contributed by atoms with Crippen molar-refractivity contribution in [3.05, 3.63) is 28.8 Å². The van der Waals surface area contributed by atoms with E-state index >= 15 is 0 Å². The second kappa shape index (κ2) is 7.59. The molecule has 2 unspecified atom stereocenters. The van der Waals surface area contributed by atoms with Gasteiger partial charge < -0.3 is 14.5 Å². The van der Waals surface area contributed by atoms with Gasteiger partial charge in [0.1, 0.15) is 5.75 Å². The van der Waals surface area contributed by atoms with Gasteiger partial charge in [0.2, 0.25) is 0 Å². The molecular weight excluding hydrogens is 324 g/mol. The van der Waals surface area contributed by atoms with Gasteiger partial charge in [-0.05, 0) is 89.1 Å². The van der Waals surface area contributed by atoms with Crippen molar-refractivity contribution in [1.82, 2.24) is 9.80 Å². The number of hydrogen-bond acceptors (Lipinski definition) is 3. The zero-order chi connectivity index (χ0) is 19.0. The molecule has 0 aliphatic heterocycles. The van der Waals surface area contributed by atoms with Crippen LogP contribution in [0.3, 0.4) is 0 Å². The van der Waals surface area contributed by atoms with Gasteiger partial charge in [0.15, 0.2) is 6.61 Å². The third-order valence-electron chi connectivity index (χ3n) is 6.85. The molecule has 0 aromatic heterocycles. The Morgan fingerprint density at radius 1 is 0.962 bits per heavy atom. The van der Waals surface area contributed by atoms with Gasteiger partial charge in [-0.1, -0.05) is 12.1 Å². The summed E-state index contributed by atoms with van der Waals surface area (Å²) in [5.74, 6) is 2.53. The number of ether oxygens (including phenoxy) is 1. The van der Waals surface area contributed by atoms with E-state index in [1.807, 2.05) is 18.9 Å². The van der Waals surface area contributed by atoms with E-state index in [0.29, 0.717) is 6.04 Å². The molecule has 144 valence electrons. The van der Waals surface area contributed by atoms with Gasteiger partial charge in [0, 0.05) is 19.1 Å². The number of nitrogens with zero attached hydrogens (tertiary/aromatic N) is 2. The van der Waals surface area contributed by atoms with Gasteiger partial charge in [-0.2, -0.15) is 0 Å². The lowest BCUT2D eigenvalue weighted by molar-refractivity contribution is -0.134. The van der Waals surface area contributed by atoms with E-state index in [9.17, 15) is 4.79 Å². The van der Waals surface area contributed by atoms with Crippen LogP contribution in [-0.4, -0.2) is 55.5 Å². The number of amides is 1. The van der Waals surface area contributed by atoms with Crippen molar-refractivity contribution >= 4 is 5.91 Å². The molecule has 1 amide bonds. The average molecular weight is 359 g/mol. The molecule has 2 aliphatic rings.